The van der Waals surface area contributed by atoms with Crippen LogP contribution in [0.2, 0.25) is 0 Å². The summed E-state index contributed by atoms with van der Waals surface area (Å²) >= 11 is 0. The topological polar surface area (TPSA) is 55.1 Å². The molecule has 2 aliphatic rings. The van der Waals surface area contributed by atoms with Crippen LogP contribution in [0.5, 0.6) is 0 Å². The van der Waals surface area contributed by atoms with Gasteiger partial charge in [-0.15, -0.1) is 0 Å². The van der Waals surface area contributed by atoms with Crippen molar-refractivity contribution in [2.45, 2.75) is 63.5 Å². The first-order valence-corrected chi connectivity index (χ1v) is 6.20. The Morgan fingerprint density at radius 3 is 2.27 bits per heavy atom. The molecule has 0 bridgehead atoms. The summed E-state index contributed by atoms with van der Waals surface area (Å²) in [4.78, 5) is 11.6. The van der Waals surface area contributed by atoms with E-state index in [0.29, 0.717) is 12.0 Å². The Balaban J connectivity index is 2.04. The fourth-order valence-electron chi connectivity index (χ4n) is 2.72. The van der Waals surface area contributed by atoms with E-state index in [-0.39, 0.29) is 5.91 Å². The molecular weight excluding hydrogens is 188 g/mol. The van der Waals surface area contributed by atoms with E-state index in [1.807, 2.05) is 6.92 Å². The third kappa shape index (κ3) is 2.33. The number of carbonyl (C=O) groups is 1. The number of amides is 1. The van der Waals surface area contributed by atoms with Gasteiger partial charge in [0, 0.05) is 6.04 Å². The lowest BCUT2D eigenvalue weighted by Crippen LogP contribution is -2.59. The molecular formula is C12H22N2O. The Morgan fingerprint density at radius 2 is 1.80 bits per heavy atom. The molecule has 0 saturated heterocycles. The van der Waals surface area contributed by atoms with E-state index in [1.165, 1.54) is 32.1 Å². The number of nitrogens with one attached hydrogen (secondary N) is 1. The van der Waals surface area contributed by atoms with Gasteiger partial charge >= 0.3 is 0 Å². The summed E-state index contributed by atoms with van der Waals surface area (Å²) in [7, 11) is 0. The van der Waals surface area contributed by atoms with Crippen molar-refractivity contribution >= 4 is 5.91 Å². The van der Waals surface area contributed by atoms with E-state index in [4.69, 9.17) is 5.73 Å². The predicted octanol–water partition coefficient (Wildman–Crippen LogP) is 1.56. The summed E-state index contributed by atoms with van der Waals surface area (Å²) in [5.74, 6) is 0.283. The fourth-order valence-corrected chi connectivity index (χ4v) is 2.72. The Bertz CT molecular complexity index is 244. The quantitative estimate of drug-likeness (QED) is 0.740. The molecule has 0 aromatic carbocycles. The molecule has 3 heteroatoms. The Kier molecular flexibility index (Phi) is 3.01. The number of rotatable bonds is 4. The average molecular weight is 210 g/mol. The number of carbonyl (C=O) groups excluding carboxylic acids is 1. The van der Waals surface area contributed by atoms with Crippen molar-refractivity contribution in [2.75, 3.05) is 0 Å². The molecule has 2 aliphatic carbocycles. The van der Waals surface area contributed by atoms with Crippen molar-refractivity contribution in [3.8, 4) is 0 Å². The van der Waals surface area contributed by atoms with Gasteiger partial charge in [0.15, 0.2) is 0 Å². The van der Waals surface area contributed by atoms with Crippen molar-refractivity contribution in [1.82, 2.24) is 5.32 Å². The van der Waals surface area contributed by atoms with Gasteiger partial charge in [0.1, 0.15) is 0 Å². The number of nitrogens with two attached hydrogens (primary N) is 1. The van der Waals surface area contributed by atoms with Crippen LogP contribution in [0.4, 0.5) is 0 Å². The van der Waals surface area contributed by atoms with E-state index in [0.717, 1.165) is 12.8 Å². The minimum atomic E-state index is -0.457. The smallest absolute Gasteiger partial charge is 0.237 e. The summed E-state index contributed by atoms with van der Waals surface area (Å²) in [6.07, 6.45) is 8.53. The van der Waals surface area contributed by atoms with Crippen LogP contribution in [0.1, 0.15) is 51.9 Å². The predicted molar refractivity (Wildman–Crippen MR) is 60.3 cm³/mol. The second-order valence-electron chi connectivity index (χ2n) is 5.32. The number of hydrogen-bond donors (Lipinski definition) is 2. The summed E-state index contributed by atoms with van der Waals surface area (Å²) in [5.41, 5.74) is 5.12. The third-order valence-corrected chi connectivity index (χ3v) is 4.01. The molecule has 0 heterocycles. The van der Waals surface area contributed by atoms with Gasteiger partial charge < -0.3 is 11.1 Å². The largest absolute Gasteiger partial charge is 0.368 e. The summed E-state index contributed by atoms with van der Waals surface area (Å²) in [6, 6.07) is 0.546. The zero-order valence-electron chi connectivity index (χ0n) is 9.59. The van der Waals surface area contributed by atoms with Crippen LogP contribution in [0.3, 0.4) is 0 Å². The molecule has 3 nitrogen and oxygen atoms in total. The molecule has 86 valence electrons. The standard InChI is InChI=1S/C12H22N2O/c1-12(11(13)15,14-10-7-8-10)9-5-3-2-4-6-9/h9-10,14H,2-8H2,1H3,(H2,13,15). The van der Waals surface area contributed by atoms with Crippen LogP contribution in [-0.2, 0) is 4.79 Å². The van der Waals surface area contributed by atoms with Crippen molar-refractivity contribution in [2.24, 2.45) is 11.7 Å². The van der Waals surface area contributed by atoms with Crippen LogP contribution in [0, 0.1) is 5.92 Å². The van der Waals surface area contributed by atoms with E-state index < -0.39 is 5.54 Å². The van der Waals surface area contributed by atoms with Crippen molar-refractivity contribution < 1.29 is 4.79 Å². The number of primary amides is 1. The highest BCUT2D eigenvalue weighted by Gasteiger charge is 2.43. The van der Waals surface area contributed by atoms with Crippen molar-refractivity contribution in [3.63, 3.8) is 0 Å². The minimum Gasteiger partial charge on any atom is -0.368 e. The van der Waals surface area contributed by atoms with Gasteiger partial charge in [-0.05, 0) is 38.5 Å². The zero-order chi connectivity index (χ0) is 10.9. The van der Waals surface area contributed by atoms with E-state index in [1.54, 1.807) is 0 Å². The maximum absolute atomic E-state index is 11.6. The van der Waals surface area contributed by atoms with Gasteiger partial charge in [0.05, 0.1) is 5.54 Å². The van der Waals surface area contributed by atoms with Crippen LogP contribution >= 0.6 is 0 Å². The highest BCUT2D eigenvalue weighted by molar-refractivity contribution is 5.84. The Labute approximate surface area is 91.8 Å². The molecule has 1 unspecified atom stereocenters. The first-order chi connectivity index (χ1) is 7.13. The van der Waals surface area contributed by atoms with Gasteiger partial charge in [0.2, 0.25) is 5.91 Å². The molecule has 0 radical (unpaired) electrons. The molecule has 15 heavy (non-hydrogen) atoms. The molecule has 0 aromatic heterocycles. The SMILES string of the molecule is CC(NC1CC1)(C(N)=O)C1CCCCC1. The molecule has 2 rings (SSSR count). The molecule has 2 fully saturated rings. The number of hydrogen-bond acceptors (Lipinski definition) is 2. The Hall–Kier alpha value is -0.570. The zero-order valence-corrected chi connectivity index (χ0v) is 9.59. The molecule has 0 aliphatic heterocycles. The highest BCUT2D eigenvalue weighted by Crippen LogP contribution is 2.35. The normalized spacial score (nSPS) is 27.3. The van der Waals surface area contributed by atoms with E-state index in [2.05, 4.69) is 5.32 Å². The second-order valence-corrected chi connectivity index (χ2v) is 5.32. The van der Waals surface area contributed by atoms with Gasteiger partial charge in [-0.3, -0.25) is 4.79 Å². The first-order valence-electron chi connectivity index (χ1n) is 6.20. The van der Waals surface area contributed by atoms with E-state index in [9.17, 15) is 4.79 Å². The second kappa shape index (κ2) is 4.12. The van der Waals surface area contributed by atoms with Crippen LogP contribution in [-0.4, -0.2) is 17.5 Å². The maximum atomic E-state index is 11.6. The molecule has 0 aromatic rings. The van der Waals surface area contributed by atoms with Crippen LogP contribution < -0.4 is 11.1 Å². The van der Waals surface area contributed by atoms with Gasteiger partial charge in [-0.25, -0.2) is 0 Å². The molecule has 3 N–H and O–H groups in total. The molecule has 2 saturated carbocycles. The van der Waals surface area contributed by atoms with Gasteiger partial charge in [0.25, 0.3) is 0 Å². The molecule has 1 atom stereocenters. The van der Waals surface area contributed by atoms with Crippen molar-refractivity contribution in [1.29, 1.82) is 0 Å². The lowest BCUT2D eigenvalue weighted by atomic mass is 9.75. The summed E-state index contributed by atoms with van der Waals surface area (Å²) in [5, 5.41) is 3.46. The average Bonchev–Trinajstić information content (AvgIpc) is 3.02. The van der Waals surface area contributed by atoms with Gasteiger partial charge in [-0.2, -0.15) is 0 Å². The summed E-state index contributed by atoms with van der Waals surface area (Å²) in [6.45, 7) is 2.00. The lowest BCUT2D eigenvalue weighted by Gasteiger charge is -2.38. The lowest BCUT2D eigenvalue weighted by molar-refractivity contribution is -0.126. The van der Waals surface area contributed by atoms with Crippen LogP contribution in [0.15, 0.2) is 0 Å². The highest BCUT2D eigenvalue weighted by atomic mass is 16.1. The van der Waals surface area contributed by atoms with Gasteiger partial charge in [-0.1, -0.05) is 19.3 Å². The maximum Gasteiger partial charge on any atom is 0.237 e. The monoisotopic (exact) mass is 210 g/mol. The minimum absolute atomic E-state index is 0.165. The molecule has 1 amide bonds. The first kappa shape index (κ1) is 10.9. The molecule has 0 spiro atoms. The van der Waals surface area contributed by atoms with Crippen LogP contribution in [0.25, 0.3) is 0 Å². The van der Waals surface area contributed by atoms with E-state index >= 15 is 0 Å². The van der Waals surface area contributed by atoms with Crippen molar-refractivity contribution in [3.05, 3.63) is 0 Å². The third-order valence-electron chi connectivity index (χ3n) is 4.01. The Morgan fingerprint density at radius 1 is 1.20 bits per heavy atom. The fraction of sp³-hybridized carbons (Fsp3) is 0.917. The summed E-state index contributed by atoms with van der Waals surface area (Å²) < 4.78 is 0.